The Morgan fingerprint density at radius 2 is 1.65 bits per heavy atom. The van der Waals surface area contributed by atoms with E-state index < -0.39 is 0 Å². The van der Waals surface area contributed by atoms with E-state index in [0.29, 0.717) is 12.5 Å². The van der Waals surface area contributed by atoms with Crippen molar-refractivity contribution in [2.75, 3.05) is 6.61 Å². The zero-order chi connectivity index (χ0) is 13.9. The molecule has 1 aliphatic carbocycles. The van der Waals surface area contributed by atoms with Crippen LogP contribution in [0.5, 0.6) is 5.75 Å². The topological polar surface area (TPSA) is 35.2 Å². The van der Waals surface area contributed by atoms with Crippen LogP contribution in [0.25, 0.3) is 0 Å². The zero-order valence-corrected chi connectivity index (χ0v) is 11.9. The smallest absolute Gasteiger partial charge is 0.124 e. The van der Waals surface area contributed by atoms with Crippen molar-refractivity contribution in [3.63, 3.8) is 0 Å². The van der Waals surface area contributed by atoms with Gasteiger partial charge in [-0.1, -0.05) is 42.5 Å². The minimum atomic E-state index is 0.0325. The molecule has 1 unspecified atom stereocenters. The molecule has 2 aromatic rings. The van der Waals surface area contributed by atoms with Gasteiger partial charge in [0.2, 0.25) is 0 Å². The first-order valence-electron chi connectivity index (χ1n) is 7.33. The van der Waals surface area contributed by atoms with E-state index in [1.807, 2.05) is 25.1 Å². The molecule has 1 aliphatic rings. The molecule has 0 radical (unpaired) electrons. The first-order valence-corrected chi connectivity index (χ1v) is 7.33. The summed E-state index contributed by atoms with van der Waals surface area (Å²) in [7, 11) is 0. The number of fused-ring (bicyclic) bond motifs is 1. The fraction of sp³-hybridized carbons (Fsp3) is 0.333. The third-order valence-electron chi connectivity index (χ3n) is 4.17. The second-order valence-electron chi connectivity index (χ2n) is 5.43. The Morgan fingerprint density at radius 1 is 1.05 bits per heavy atom. The number of nitrogens with two attached hydrogens (primary N) is 1. The quantitative estimate of drug-likeness (QED) is 0.920. The molecule has 3 rings (SSSR count). The van der Waals surface area contributed by atoms with Crippen LogP contribution >= 0.6 is 0 Å². The summed E-state index contributed by atoms with van der Waals surface area (Å²) < 4.78 is 5.71. The highest BCUT2D eigenvalue weighted by Crippen LogP contribution is 2.36. The number of para-hydroxylation sites is 1. The van der Waals surface area contributed by atoms with Gasteiger partial charge in [-0.2, -0.15) is 0 Å². The molecule has 0 heterocycles. The maximum atomic E-state index is 6.53. The summed E-state index contributed by atoms with van der Waals surface area (Å²) >= 11 is 0. The van der Waals surface area contributed by atoms with Gasteiger partial charge in [0.05, 0.1) is 6.61 Å². The van der Waals surface area contributed by atoms with Crippen molar-refractivity contribution in [2.45, 2.75) is 25.8 Å². The Labute approximate surface area is 120 Å². The van der Waals surface area contributed by atoms with Gasteiger partial charge in [-0.15, -0.1) is 0 Å². The van der Waals surface area contributed by atoms with Crippen LogP contribution in [0.3, 0.4) is 0 Å². The van der Waals surface area contributed by atoms with Gasteiger partial charge in [0.15, 0.2) is 0 Å². The minimum Gasteiger partial charge on any atom is -0.494 e. The summed E-state index contributed by atoms with van der Waals surface area (Å²) in [5.74, 6) is 1.40. The molecule has 2 nitrogen and oxygen atoms in total. The van der Waals surface area contributed by atoms with Crippen LogP contribution in [0.4, 0.5) is 0 Å². The molecule has 1 atom stereocenters. The molecule has 0 spiro atoms. The monoisotopic (exact) mass is 267 g/mol. The fourth-order valence-electron chi connectivity index (χ4n) is 3.14. The van der Waals surface area contributed by atoms with E-state index in [4.69, 9.17) is 10.5 Å². The molecule has 0 saturated heterocycles. The van der Waals surface area contributed by atoms with Crippen LogP contribution in [0, 0.1) is 5.92 Å². The molecular formula is C18H21NO. The molecule has 20 heavy (non-hydrogen) atoms. The van der Waals surface area contributed by atoms with E-state index in [-0.39, 0.29) is 6.04 Å². The van der Waals surface area contributed by atoms with Crippen molar-refractivity contribution in [3.8, 4) is 5.75 Å². The lowest BCUT2D eigenvalue weighted by atomic mass is 9.91. The van der Waals surface area contributed by atoms with E-state index in [0.717, 1.165) is 24.2 Å². The Bertz CT molecular complexity index is 568. The molecule has 2 aromatic carbocycles. The van der Waals surface area contributed by atoms with Gasteiger partial charge in [0.25, 0.3) is 0 Å². The van der Waals surface area contributed by atoms with Crippen molar-refractivity contribution in [1.29, 1.82) is 0 Å². The second-order valence-corrected chi connectivity index (χ2v) is 5.43. The van der Waals surface area contributed by atoms with Crippen molar-refractivity contribution in [1.82, 2.24) is 0 Å². The lowest BCUT2D eigenvalue weighted by Gasteiger charge is -2.22. The normalized spacial score (nSPS) is 15.9. The molecule has 0 amide bonds. The maximum absolute atomic E-state index is 6.53. The molecule has 104 valence electrons. The minimum absolute atomic E-state index is 0.0325. The lowest BCUT2D eigenvalue weighted by molar-refractivity contribution is 0.327. The molecular weight excluding hydrogens is 246 g/mol. The highest BCUT2D eigenvalue weighted by molar-refractivity contribution is 5.39. The van der Waals surface area contributed by atoms with Gasteiger partial charge >= 0.3 is 0 Å². The number of benzene rings is 2. The van der Waals surface area contributed by atoms with Crippen molar-refractivity contribution in [3.05, 3.63) is 65.2 Å². The summed E-state index contributed by atoms with van der Waals surface area (Å²) in [5, 5.41) is 0. The first-order chi connectivity index (χ1) is 9.79. The van der Waals surface area contributed by atoms with E-state index in [9.17, 15) is 0 Å². The number of hydrogen-bond donors (Lipinski definition) is 1. The molecule has 0 bridgehead atoms. The summed E-state index contributed by atoms with van der Waals surface area (Å²) in [4.78, 5) is 0. The van der Waals surface area contributed by atoms with Gasteiger partial charge < -0.3 is 10.5 Å². The molecule has 0 aromatic heterocycles. The number of rotatable bonds is 4. The molecule has 2 heteroatoms. The van der Waals surface area contributed by atoms with Gasteiger partial charge in [0.1, 0.15) is 5.75 Å². The molecule has 0 saturated carbocycles. The summed E-state index contributed by atoms with van der Waals surface area (Å²) in [5.41, 5.74) is 10.6. The van der Waals surface area contributed by atoms with E-state index in [2.05, 4.69) is 30.3 Å². The SMILES string of the molecule is CCOc1ccccc1C(N)C1Cc2ccccc2C1. The summed E-state index contributed by atoms with van der Waals surface area (Å²) in [6, 6.07) is 16.9. The van der Waals surface area contributed by atoms with Crippen LogP contribution in [0.15, 0.2) is 48.5 Å². The Balaban J connectivity index is 1.83. The molecule has 0 fully saturated rings. The van der Waals surface area contributed by atoms with Crippen LogP contribution in [0.1, 0.15) is 29.7 Å². The van der Waals surface area contributed by atoms with Crippen LogP contribution in [0.2, 0.25) is 0 Å². The van der Waals surface area contributed by atoms with Crippen molar-refractivity contribution >= 4 is 0 Å². The first kappa shape index (κ1) is 13.2. The van der Waals surface area contributed by atoms with Gasteiger partial charge in [-0.3, -0.25) is 0 Å². The average molecular weight is 267 g/mol. The standard InChI is InChI=1S/C18H21NO/c1-2-20-17-10-6-5-9-16(17)18(19)15-11-13-7-3-4-8-14(13)12-15/h3-10,15,18H,2,11-12,19H2,1H3. The highest BCUT2D eigenvalue weighted by Gasteiger charge is 2.28. The van der Waals surface area contributed by atoms with Crippen LogP contribution < -0.4 is 10.5 Å². The third-order valence-corrected chi connectivity index (χ3v) is 4.17. The average Bonchev–Trinajstić information content (AvgIpc) is 2.91. The van der Waals surface area contributed by atoms with Crippen LogP contribution in [-0.2, 0) is 12.8 Å². The van der Waals surface area contributed by atoms with Crippen molar-refractivity contribution < 1.29 is 4.74 Å². The Morgan fingerprint density at radius 3 is 2.30 bits per heavy atom. The Hall–Kier alpha value is -1.80. The third kappa shape index (κ3) is 2.44. The number of hydrogen-bond acceptors (Lipinski definition) is 2. The zero-order valence-electron chi connectivity index (χ0n) is 11.9. The fourth-order valence-corrected chi connectivity index (χ4v) is 3.14. The maximum Gasteiger partial charge on any atom is 0.124 e. The number of ether oxygens (including phenoxy) is 1. The highest BCUT2D eigenvalue weighted by atomic mass is 16.5. The Kier molecular flexibility index (Phi) is 3.75. The van der Waals surface area contributed by atoms with E-state index in [1.165, 1.54) is 11.1 Å². The molecule has 0 aliphatic heterocycles. The second kappa shape index (κ2) is 5.68. The van der Waals surface area contributed by atoms with Crippen molar-refractivity contribution in [2.24, 2.45) is 11.7 Å². The largest absolute Gasteiger partial charge is 0.494 e. The lowest BCUT2D eigenvalue weighted by Crippen LogP contribution is -2.22. The predicted molar refractivity (Wildman–Crippen MR) is 81.9 cm³/mol. The summed E-state index contributed by atoms with van der Waals surface area (Å²) in [6.45, 7) is 2.68. The van der Waals surface area contributed by atoms with E-state index in [1.54, 1.807) is 0 Å². The van der Waals surface area contributed by atoms with E-state index >= 15 is 0 Å². The van der Waals surface area contributed by atoms with Crippen LogP contribution in [-0.4, -0.2) is 6.61 Å². The van der Waals surface area contributed by atoms with Gasteiger partial charge in [-0.05, 0) is 42.9 Å². The van der Waals surface area contributed by atoms with Gasteiger partial charge in [-0.25, -0.2) is 0 Å². The van der Waals surface area contributed by atoms with Gasteiger partial charge in [0, 0.05) is 11.6 Å². The predicted octanol–water partition coefficient (Wildman–Crippen LogP) is 3.50. The molecule has 2 N–H and O–H groups in total. The summed E-state index contributed by atoms with van der Waals surface area (Å²) in [6.07, 6.45) is 2.13.